The topological polar surface area (TPSA) is 3.88 Å². The van der Waals surface area contributed by atoms with Gasteiger partial charge >= 0.3 is 0 Å². The normalized spacial score (nSPS) is 14.1. The van der Waals surface area contributed by atoms with Crippen LogP contribution in [0.25, 0.3) is 32.3 Å². The maximum absolute atomic E-state index is 2.43. The summed E-state index contributed by atoms with van der Waals surface area (Å²) in [5.74, 6) is 0. The number of pyridine rings is 1. The first kappa shape index (κ1) is 11.3. The van der Waals surface area contributed by atoms with E-state index in [4.69, 9.17) is 0 Å². The van der Waals surface area contributed by atoms with Crippen LogP contribution in [-0.2, 0) is 13.0 Å². The zero-order valence-electron chi connectivity index (χ0n) is 11.8. The Bertz CT molecular complexity index is 932. The smallest absolute Gasteiger partial charge is 0.182 e. The van der Waals surface area contributed by atoms with Gasteiger partial charge in [0, 0.05) is 24.3 Å². The van der Waals surface area contributed by atoms with Crippen molar-refractivity contribution in [1.82, 2.24) is 0 Å². The van der Waals surface area contributed by atoms with E-state index >= 15 is 0 Å². The van der Waals surface area contributed by atoms with E-state index in [9.17, 15) is 0 Å². The number of aromatic nitrogens is 1. The third-order valence-electron chi connectivity index (χ3n) is 4.81. The molecule has 0 fully saturated rings. The van der Waals surface area contributed by atoms with Gasteiger partial charge in [-0.15, -0.1) is 0 Å². The molecule has 1 aliphatic heterocycles. The molecule has 1 aliphatic rings. The second-order valence-electron chi connectivity index (χ2n) is 5.98. The first-order chi connectivity index (χ1) is 10.4. The molecule has 1 aromatic heterocycles. The quantitative estimate of drug-likeness (QED) is 0.330. The molecule has 100 valence electrons. The maximum atomic E-state index is 2.43. The van der Waals surface area contributed by atoms with Crippen molar-refractivity contribution in [1.29, 1.82) is 0 Å². The molecule has 0 amide bonds. The third kappa shape index (κ3) is 1.49. The number of hydrogen-bond acceptors (Lipinski definition) is 0. The molecule has 5 rings (SSSR count). The van der Waals surface area contributed by atoms with Crippen LogP contribution in [0.5, 0.6) is 0 Å². The summed E-state index contributed by atoms with van der Waals surface area (Å²) in [6, 6.07) is 20.0. The molecule has 1 heteroatoms. The summed E-state index contributed by atoms with van der Waals surface area (Å²) in [5, 5.41) is 8.25. The van der Waals surface area contributed by atoms with Gasteiger partial charge in [-0.1, -0.05) is 48.5 Å². The zero-order valence-corrected chi connectivity index (χ0v) is 11.8. The van der Waals surface area contributed by atoms with E-state index in [1.165, 1.54) is 50.9 Å². The molecule has 3 aromatic carbocycles. The lowest BCUT2D eigenvalue weighted by molar-refractivity contribution is -0.689. The van der Waals surface area contributed by atoms with Crippen LogP contribution in [0.3, 0.4) is 0 Å². The van der Waals surface area contributed by atoms with Crippen molar-refractivity contribution in [2.75, 3.05) is 0 Å². The summed E-state index contributed by atoms with van der Waals surface area (Å²) in [6.45, 7) is 1.16. The number of nitrogens with zero attached hydrogens (tertiary/aromatic N) is 1. The minimum Gasteiger partial charge on any atom is -0.202 e. The van der Waals surface area contributed by atoms with Gasteiger partial charge in [0.05, 0.1) is 5.39 Å². The highest BCUT2D eigenvalue weighted by atomic mass is 15.0. The molecule has 0 saturated carbocycles. The average molecular weight is 270 g/mol. The Balaban J connectivity index is 2.12. The number of benzene rings is 3. The van der Waals surface area contributed by atoms with Crippen LogP contribution in [0.4, 0.5) is 0 Å². The van der Waals surface area contributed by atoms with Gasteiger partial charge in [0.25, 0.3) is 0 Å². The van der Waals surface area contributed by atoms with Gasteiger partial charge in [-0.2, -0.15) is 0 Å². The van der Waals surface area contributed by atoms with Gasteiger partial charge in [-0.25, -0.2) is 4.57 Å². The Morgan fingerprint density at radius 2 is 1.24 bits per heavy atom. The molecule has 0 bridgehead atoms. The lowest BCUT2D eigenvalue weighted by Crippen LogP contribution is -2.32. The number of rotatable bonds is 0. The maximum Gasteiger partial charge on any atom is 0.182 e. The Labute approximate surface area is 123 Å². The van der Waals surface area contributed by atoms with Gasteiger partial charge < -0.3 is 0 Å². The molecule has 1 nitrogen and oxygen atoms in total. The third-order valence-corrected chi connectivity index (χ3v) is 4.81. The van der Waals surface area contributed by atoms with E-state index in [1.807, 2.05) is 0 Å². The summed E-state index contributed by atoms with van der Waals surface area (Å²) in [7, 11) is 0. The lowest BCUT2D eigenvalue weighted by Gasteiger charge is -2.09. The molecular weight excluding hydrogens is 254 g/mol. The van der Waals surface area contributed by atoms with Crippen molar-refractivity contribution in [3.63, 3.8) is 0 Å². The summed E-state index contributed by atoms with van der Waals surface area (Å²) < 4.78 is 2.43. The van der Waals surface area contributed by atoms with Crippen LogP contribution in [0.2, 0.25) is 0 Å². The molecule has 4 aromatic rings. The molecule has 0 saturated heterocycles. The fraction of sp³-hybridized carbons (Fsp3) is 0.150. The van der Waals surface area contributed by atoms with Crippen molar-refractivity contribution in [3.05, 3.63) is 66.5 Å². The Morgan fingerprint density at radius 3 is 1.90 bits per heavy atom. The van der Waals surface area contributed by atoms with Crippen LogP contribution >= 0.6 is 0 Å². The van der Waals surface area contributed by atoms with Gasteiger partial charge in [0.15, 0.2) is 11.9 Å². The van der Waals surface area contributed by atoms with Crippen LogP contribution in [0.1, 0.15) is 12.1 Å². The fourth-order valence-corrected chi connectivity index (χ4v) is 3.83. The molecular formula is C20H16N+. The van der Waals surface area contributed by atoms with Gasteiger partial charge in [0.2, 0.25) is 0 Å². The lowest BCUT2D eigenvalue weighted by atomic mass is 9.95. The summed E-state index contributed by atoms with van der Waals surface area (Å²) >= 11 is 0. The van der Waals surface area contributed by atoms with Gasteiger partial charge in [-0.05, 0) is 21.5 Å². The van der Waals surface area contributed by atoms with Gasteiger partial charge in [-0.3, -0.25) is 0 Å². The van der Waals surface area contributed by atoms with Crippen molar-refractivity contribution in [3.8, 4) is 0 Å². The first-order valence-corrected chi connectivity index (χ1v) is 7.67. The molecule has 2 heterocycles. The van der Waals surface area contributed by atoms with E-state index < -0.39 is 0 Å². The van der Waals surface area contributed by atoms with Crippen LogP contribution in [0.15, 0.2) is 60.8 Å². The van der Waals surface area contributed by atoms with E-state index in [2.05, 4.69) is 65.4 Å². The highest BCUT2D eigenvalue weighted by Gasteiger charge is 2.21. The summed E-state index contributed by atoms with van der Waals surface area (Å²) in [6.07, 6.45) is 4.84. The standard InChI is InChI=1S/C20H16N/c1-3-9-17-15(7-1)16-8-2-4-10-18(16)20-13-21-11-5-6-14(21)12-19(17)20/h1-4,7-10,12-13H,5-6,11H2/q+1. The molecule has 0 unspecified atom stereocenters. The highest BCUT2D eigenvalue weighted by Crippen LogP contribution is 2.34. The largest absolute Gasteiger partial charge is 0.202 e. The predicted octanol–water partition coefficient (Wildman–Crippen LogP) is 4.38. The SMILES string of the molecule is c1ccc2c(c1)c1ccccc1c1c[n+]3c(cc21)CCC3. The molecule has 21 heavy (non-hydrogen) atoms. The van der Waals surface area contributed by atoms with E-state index in [1.54, 1.807) is 0 Å². The predicted molar refractivity (Wildman–Crippen MR) is 87.5 cm³/mol. The van der Waals surface area contributed by atoms with Crippen LogP contribution in [0, 0.1) is 0 Å². The Hall–Kier alpha value is -2.41. The van der Waals surface area contributed by atoms with Crippen molar-refractivity contribution < 1.29 is 4.57 Å². The zero-order chi connectivity index (χ0) is 13.8. The van der Waals surface area contributed by atoms with Crippen LogP contribution in [-0.4, -0.2) is 0 Å². The van der Waals surface area contributed by atoms with Crippen molar-refractivity contribution in [2.24, 2.45) is 0 Å². The Kier molecular flexibility index (Phi) is 2.17. The second kappa shape index (κ2) is 4.05. The van der Waals surface area contributed by atoms with E-state index in [0.717, 1.165) is 6.54 Å². The number of fused-ring (bicyclic) bond motifs is 7. The monoisotopic (exact) mass is 270 g/mol. The average Bonchev–Trinajstić information content (AvgIpc) is 3.01. The highest BCUT2D eigenvalue weighted by molar-refractivity contribution is 6.24. The molecule has 0 atom stereocenters. The van der Waals surface area contributed by atoms with Crippen molar-refractivity contribution >= 4 is 32.3 Å². The van der Waals surface area contributed by atoms with E-state index in [-0.39, 0.29) is 0 Å². The minimum absolute atomic E-state index is 1.16. The number of hydrogen-bond donors (Lipinski definition) is 0. The first-order valence-electron chi connectivity index (χ1n) is 7.67. The minimum atomic E-state index is 1.16. The van der Waals surface area contributed by atoms with E-state index in [0.29, 0.717) is 0 Å². The molecule has 0 aliphatic carbocycles. The second-order valence-corrected chi connectivity index (χ2v) is 5.98. The van der Waals surface area contributed by atoms with Crippen molar-refractivity contribution in [2.45, 2.75) is 19.4 Å². The Morgan fingerprint density at radius 1 is 0.667 bits per heavy atom. The molecule has 0 radical (unpaired) electrons. The fourth-order valence-electron chi connectivity index (χ4n) is 3.83. The molecule has 0 N–H and O–H groups in total. The summed E-state index contributed by atoms with van der Waals surface area (Å²) in [5.41, 5.74) is 1.47. The van der Waals surface area contributed by atoms with Crippen LogP contribution < -0.4 is 4.57 Å². The van der Waals surface area contributed by atoms with Gasteiger partial charge in [0.1, 0.15) is 6.54 Å². The summed E-state index contributed by atoms with van der Waals surface area (Å²) in [4.78, 5) is 0. The number of aryl methyl sites for hydroxylation is 2. The molecule has 0 spiro atoms.